The molecule has 0 radical (unpaired) electrons. The van der Waals surface area contributed by atoms with E-state index in [1.54, 1.807) is 0 Å². The third kappa shape index (κ3) is 9.61. The van der Waals surface area contributed by atoms with Crippen molar-refractivity contribution in [3.05, 3.63) is 137 Å². The number of ketones is 1. The van der Waals surface area contributed by atoms with Crippen molar-refractivity contribution in [2.45, 2.75) is 40.6 Å². The summed E-state index contributed by atoms with van der Waals surface area (Å²) in [4.78, 5) is 51.2. The molecule has 56 heavy (non-hydrogen) atoms. The van der Waals surface area contributed by atoms with Gasteiger partial charge in [0.1, 0.15) is 19.8 Å². The highest BCUT2D eigenvalue weighted by Crippen LogP contribution is 2.23. The molecule has 1 aliphatic carbocycles. The number of hydrogen-bond donors (Lipinski definition) is 4. The monoisotopic (exact) mass is 856 g/mol. The molecule has 5 rings (SSSR count). The predicted molar refractivity (Wildman–Crippen MR) is 187 cm³/mol. The van der Waals surface area contributed by atoms with Gasteiger partial charge in [0.2, 0.25) is 22.1 Å². The molecule has 0 saturated carbocycles. The summed E-state index contributed by atoms with van der Waals surface area (Å²) in [7, 11) is -20.2. The Kier molecular flexibility index (Phi) is 11.5. The zero-order valence-corrected chi connectivity index (χ0v) is 30.9. The van der Waals surface area contributed by atoms with Crippen molar-refractivity contribution in [3.63, 3.8) is 0 Å². The Bertz CT molecular complexity index is 2920. The molecule has 1 unspecified atom stereocenters. The number of fused-ring (bicyclic) bond motifs is 8. The van der Waals surface area contributed by atoms with Crippen molar-refractivity contribution >= 4 is 46.3 Å². The molecule has 2 aliphatic rings. The summed E-state index contributed by atoms with van der Waals surface area (Å²) in [5, 5.41) is 0. The topological polar surface area (TPSA) is 323 Å². The summed E-state index contributed by atoms with van der Waals surface area (Å²) in [5.41, 5.74) is -5.59. The molecular formula is C32H24O20S4. The zero-order chi connectivity index (χ0) is 41.4. The summed E-state index contributed by atoms with van der Waals surface area (Å²) in [6.45, 7) is -3.10. The van der Waals surface area contributed by atoms with Crippen molar-refractivity contribution in [3.8, 4) is 17.2 Å². The molecule has 1 heterocycles. The molecule has 0 saturated heterocycles. The van der Waals surface area contributed by atoms with Crippen molar-refractivity contribution < 1.29 is 75.6 Å². The van der Waals surface area contributed by atoms with Crippen molar-refractivity contribution in [2.24, 2.45) is 0 Å². The Balaban J connectivity index is 1.82. The minimum atomic E-state index is -5.09. The molecule has 296 valence electrons. The number of carbonyl (C=O) groups excluding carboxylic acids is 1. The third-order valence-corrected chi connectivity index (χ3v) is 11.0. The van der Waals surface area contributed by atoms with Crippen LogP contribution in [-0.4, -0.2) is 63.8 Å². The molecule has 4 N–H and O–H groups in total. The third-order valence-electron chi connectivity index (χ3n) is 7.62. The summed E-state index contributed by atoms with van der Waals surface area (Å²) >= 11 is 0. The van der Waals surface area contributed by atoms with Crippen LogP contribution in [0, 0.1) is 0 Å². The van der Waals surface area contributed by atoms with E-state index >= 15 is 0 Å². The van der Waals surface area contributed by atoms with Gasteiger partial charge in [0, 0.05) is 16.7 Å². The maximum absolute atomic E-state index is 13.8. The Morgan fingerprint density at radius 2 is 0.893 bits per heavy atom. The first-order valence-corrected chi connectivity index (χ1v) is 20.8. The van der Waals surface area contributed by atoms with Crippen molar-refractivity contribution in [1.29, 1.82) is 0 Å². The second-order valence-corrected chi connectivity index (χ2v) is 17.1. The normalized spacial score (nSPS) is 19.1. The molecule has 1 atom stereocenters. The maximum Gasteiger partial charge on any atom is 0.294 e. The SMILES string of the molecule is O=C1\C2=C/C=C(S(=O)(=O)O)\C=C/C1Oc1ccc(S(=O)(=O)O)cc(c1=O)COc1ccc(S(=O)(=O)O)cc(c1=O)COc1ccc(S(=O)(=O)O)cc(c1=O)CO2. The van der Waals surface area contributed by atoms with Crippen LogP contribution in [0.25, 0.3) is 0 Å². The lowest BCUT2D eigenvalue weighted by atomic mass is 10.1. The maximum atomic E-state index is 13.8. The molecule has 3 aromatic carbocycles. The minimum absolute atomic E-state index is 0.611. The lowest BCUT2D eigenvalue weighted by Crippen LogP contribution is -2.30. The van der Waals surface area contributed by atoms with Crippen LogP contribution in [0.3, 0.4) is 0 Å². The van der Waals surface area contributed by atoms with Crippen LogP contribution in [0.4, 0.5) is 0 Å². The molecule has 0 fully saturated rings. The summed E-state index contributed by atoms with van der Waals surface area (Å²) < 4.78 is 158. The van der Waals surface area contributed by atoms with E-state index in [1.807, 2.05) is 0 Å². The van der Waals surface area contributed by atoms with Gasteiger partial charge in [-0.1, -0.05) is 0 Å². The molecule has 0 spiro atoms. The van der Waals surface area contributed by atoms with Gasteiger partial charge in [-0.25, -0.2) is 0 Å². The van der Waals surface area contributed by atoms with Gasteiger partial charge in [-0.05, 0) is 78.9 Å². The Hall–Kier alpha value is -5.60. The van der Waals surface area contributed by atoms with Gasteiger partial charge in [-0.3, -0.25) is 37.4 Å². The molecular weight excluding hydrogens is 833 g/mol. The number of ether oxygens (including phenoxy) is 4. The smallest absolute Gasteiger partial charge is 0.294 e. The number of rotatable bonds is 4. The number of allylic oxidation sites excluding steroid dienone is 3. The van der Waals surface area contributed by atoms with Crippen LogP contribution < -0.4 is 30.5 Å². The first-order valence-electron chi connectivity index (χ1n) is 15.0. The molecule has 24 heteroatoms. The van der Waals surface area contributed by atoms with Crippen LogP contribution in [0.2, 0.25) is 0 Å². The van der Waals surface area contributed by atoms with Crippen LogP contribution in [-0.2, 0) is 69.8 Å². The van der Waals surface area contributed by atoms with Gasteiger partial charge in [-0.15, -0.1) is 0 Å². The lowest BCUT2D eigenvalue weighted by Gasteiger charge is -2.18. The quantitative estimate of drug-likeness (QED) is 0.263. The van der Waals surface area contributed by atoms with E-state index < -0.39 is 148 Å². The molecule has 1 aliphatic heterocycles. The first-order chi connectivity index (χ1) is 25.9. The van der Waals surface area contributed by atoms with Crippen LogP contribution in [0.1, 0.15) is 16.7 Å². The fourth-order valence-corrected chi connectivity index (χ4v) is 6.93. The van der Waals surface area contributed by atoms with E-state index in [0.717, 1.165) is 18.2 Å². The van der Waals surface area contributed by atoms with E-state index in [9.17, 15) is 71.1 Å². The highest BCUT2D eigenvalue weighted by Gasteiger charge is 2.28. The average molecular weight is 857 g/mol. The van der Waals surface area contributed by atoms with Crippen LogP contribution >= 0.6 is 0 Å². The summed E-state index contributed by atoms with van der Waals surface area (Å²) in [6, 6.07) is 6.11. The summed E-state index contributed by atoms with van der Waals surface area (Å²) in [5.74, 6) is -4.44. The van der Waals surface area contributed by atoms with E-state index in [4.69, 9.17) is 18.9 Å². The average Bonchev–Trinajstić information content (AvgIpc) is 3.42. The zero-order valence-electron chi connectivity index (χ0n) is 27.7. The fourth-order valence-electron chi connectivity index (χ4n) is 4.85. The largest absolute Gasteiger partial charge is 0.485 e. The van der Waals surface area contributed by atoms with E-state index in [1.165, 1.54) is 0 Å². The first kappa shape index (κ1) is 41.6. The summed E-state index contributed by atoms with van der Waals surface area (Å²) in [6.07, 6.45) is 0.771. The molecule has 0 aromatic heterocycles. The van der Waals surface area contributed by atoms with Gasteiger partial charge < -0.3 is 18.9 Å². The standard InChI is InChI=1S/C32H24O20S4/c33-29-17-11-21(54(40,41)42)4-8-25(29)50-16-19-13-23(56(46,47)48)5-10-27(31(19)35)52-28-9-2-20(53(37,38)39)1-6-26(32(28)36)51-15-18-12-22(55(43,44)45)3-7-24(30(18)34)49-14-17/h1-13,28H,14-16H2,(H,37,38,39)(H,40,41,42)(H,43,44,45)(H,46,47,48)/b9-2-,20-1+,26-6+. The van der Waals surface area contributed by atoms with Gasteiger partial charge in [0.25, 0.3) is 40.5 Å². The van der Waals surface area contributed by atoms with Crippen molar-refractivity contribution in [2.75, 3.05) is 0 Å². The highest BCUT2D eigenvalue weighted by atomic mass is 32.2. The van der Waals surface area contributed by atoms with Gasteiger partial charge in [0.05, 0.1) is 19.6 Å². The van der Waals surface area contributed by atoms with Gasteiger partial charge >= 0.3 is 0 Å². The van der Waals surface area contributed by atoms with Crippen LogP contribution in [0.15, 0.2) is 119 Å². The van der Waals surface area contributed by atoms with E-state index in [2.05, 4.69) is 0 Å². The van der Waals surface area contributed by atoms with E-state index in [-0.39, 0.29) is 0 Å². The fraction of sp³-hybridized carbons (Fsp3) is 0.125. The molecule has 20 nitrogen and oxygen atoms in total. The Labute approximate surface area is 315 Å². The number of Topliss-reactive ketones (excluding diaryl/α,β-unsaturated/α-hetero) is 1. The van der Waals surface area contributed by atoms with E-state index in [0.29, 0.717) is 60.7 Å². The van der Waals surface area contributed by atoms with Crippen LogP contribution in [0.5, 0.6) is 17.2 Å². The second-order valence-electron chi connectivity index (χ2n) is 11.4. The van der Waals surface area contributed by atoms with Crippen molar-refractivity contribution in [1.82, 2.24) is 0 Å². The predicted octanol–water partition coefficient (Wildman–Crippen LogP) is 0.737. The molecule has 0 amide bonds. The number of carbonyl (C=O) groups is 1. The Morgan fingerprint density at radius 3 is 1.30 bits per heavy atom. The number of hydrogen-bond acceptors (Lipinski definition) is 16. The van der Waals surface area contributed by atoms with Gasteiger partial charge in [0.15, 0.2) is 29.1 Å². The molecule has 8 bridgehead atoms. The second kappa shape index (κ2) is 15.5. The minimum Gasteiger partial charge on any atom is -0.485 e. The molecule has 3 aromatic rings. The highest BCUT2D eigenvalue weighted by molar-refractivity contribution is 7.90. The Morgan fingerprint density at radius 1 is 0.500 bits per heavy atom. The lowest BCUT2D eigenvalue weighted by molar-refractivity contribution is -0.124. The van der Waals surface area contributed by atoms with Gasteiger partial charge in [-0.2, -0.15) is 33.7 Å².